The lowest BCUT2D eigenvalue weighted by Crippen LogP contribution is -2.42. The standard InChI is InChI=1S/C11H23NO4Si/c1-11(2,3)17(4,5)16-8-9(13)6-7-12-10(14)15/h12H,6-8H2,1-5H3,(H,14,15). The molecule has 0 saturated carbocycles. The van der Waals surface area contributed by atoms with Gasteiger partial charge >= 0.3 is 6.09 Å². The van der Waals surface area contributed by atoms with Crippen molar-refractivity contribution in [1.29, 1.82) is 0 Å². The quantitative estimate of drug-likeness (QED) is 0.719. The van der Waals surface area contributed by atoms with Crippen molar-refractivity contribution in [2.75, 3.05) is 13.2 Å². The van der Waals surface area contributed by atoms with E-state index >= 15 is 0 Å². The first-order valence-electron chi connectivity index (χ1n) is 5.69. The predicted octanol–water partition coefficient (Wildman–Crippen LogP) is 2.23. The molecule has 0 aliphatic heterocycles. The Morgan fingerprint density at radius 2 is 1.82 bits per heavy atom. The Morgan fingerprint density at radius 1 is 1.29 bits per heavy atom. The molecule has 0 aromatic heterocycles. The highest BCUT2D eigenvalue weighted by atomic mass is 28.4. The van der Waals surface area contributed by atoms with Crippen molar-refractivity contribution in [3.05, 3.63) is 0 Å². The summed E-state index contributed by atoms with van der Waals surface area (Å²) in [6.07, 6.45) is -0.927. The Bertz CT molecular complexity index is 284. The van der Waals surface area contributed by atoms with E-state index in [4.69, 9.17) is 9.53 Å². The van der Waals surface area contributed by atoms with Crippen molar-refractivity contribution < 1.29 is 19.1 Å². The summed E-state index contributed by atoms with van der Waals surface area (Å²) in [7, 11) is -1.89. The molecule has 0 radical (unpaired) electrons. The molecule has 0 aliphatic rings. The molecule has 1 amide bonds. The van der Waals surface area contributed by atoms with Crippen LogP contribution in [-0.4, -0.2) is 38.5 Å². The molecular weight excluding hydrogens is 238 g/mol. The van der Waals surface area contributed by atoms with E-state index in [9.17, 15) is 9.59 Å². The first-order chi connectivity index (χ1) is 7.56. The van der Waals surface area contributed by atoms with E-state index in [0.717, 1.165) is 0 Å². The molecule has 0 spiro atoms. The van der Waals surface area contributed by atoms with Crippen molar-refractivity contribution >= 4 is 20.2 Å². The molecule has 6 heteroatoms. The lowest BCUT2D eigenvalue weighted by molar-refractivity contribution is -0.121. The number of hydrogen-bond acceptors (Lipinski definition) is 3. The van der Waals surface area contributed by atoms with Crippen LogP contribution in [0.15, 0.2) is 0 Å². The van der Waals surface area contributed by atoms with Gasteiger partial charge in [0, 0.05) is 13.0 Å². The maximum atomic E-state index is 11.5. The van der Waals surface area contributed by atoms with E-state index in [0.29, 0.717) is 0 Å². The lowest BCUT2D eigenvalue weighted by Gasteiger charge is -2.35. The Labute approximate surface area is 104 Å². The smallest absolute Gasteiger partial charge is 0.404 e. The van der Waals surface area contributed by atoms with Crippen LogP contribution in [0.4, 0.5) is 4.79 Å². The Balaban J connectivity index is 3.96. The Hall–Kier alpha value is -0.883. The van der Waals surface area contributed by atoms with Crippen LogP contribution in [0.3, 0.4) is 0 Å². The van der Waals surface area contributed by atoms with Gasteiger partial charge in [0.1, 0.15) is 0 Å². The van der Waals surface area contributed by atoms with Crippen LogP contribution >= 0.6 is 0 Å². The van der Waals surface area contributed by atoms with Gasteiger partial charge in [0.25, 0.3) is 0 Å². The van der Waals surface area contributed by atoms with Gasteiger partial charge in [-0.15, -0.1) is 0 Å². The van der Waals surface area contributed by atoms with E-state index in [1.807, 2.05) is 0 Å². The zero-order valence-electron chi connectivity index (χ0n) is 11.3. The zero-order chi connectivity index (χ0) is 13.7. The van der Waals surface area contributed by atoms with Crippen molar-refractivity contribution in [3.8, 4) is 0 Å². The van der Waals surface area contributed by atoms with Crippen molar-refractivity contribution in [3.63, 3.8) is 0 Å². The molecule has 0 bridgehead atoms. The molecule has 0 rings (SSSR count). The normalized spacial score (nSPS) is 12.3. The average Bonchev–Trinajstić information content (AvgIpc) is 2.12. The fraction of sp³-hybridized carbons (Fsp3) is 0.818. The molecule has 2 N–H and O–H groups in total. The predicted molar refractivity (Wildman–Crippen MR) is 68.8 cm³/mol. The molecule has 0 saturated heterocycles. The Morgan fingerprint density at radius 3 is 2.24 bits per heavy atom. The maximum Gasteiger partial charge on any atom is 0.404 e. The maximum absolute atomic E-state index is 11.5. The van der Waals surface area contributed by atoms with Crippen molar-refractivity contribution in [2.45, 2.75) is 45.3 Å². The molecule has 0 aromatic carbocycles. The summed E-state index contributed by atoms with van der Waals surface area (Å²) < 4.78 is 5.73. The highest BCUT2D eigenvalue weighted by Crippen LogP contribution is 2.36. The van der Waals surface area contributed by atoms with E-state index in [2.05, 4.69) is 39.2 Å². The van der Waals surface area contributed by atoms with Crippen LogP contribution < -0.4 is 5.32 Å². The number of carbonyl (C=O) groups is 2. The topological polar surface area (TPSA) is 75.6 Å². The van der Waals surface area contributed by atoms with Gasteiger partial charge in [-0.3, -0.25) is 4.79 Å². The van der Waals surface area contributed by atoms with Crippen LogP contribution in [0.5, 0.6) is 0 Å². The number of hydrogen-bond donors (Lipinski definition) is 2. The van der Waals surface area contributed by atoms with E-state index in [1.165, 1.54) is 0 Å². The molecule has 0 unspecified atom stereocenters. The average molecular weight is 261 g/mol. The number of Topliss-reactive ketones (excluding diaryl/α,β-unsaturated/α-hetero) is 1. The van der Waals surface area contributed by atoms with E-state index in [1.54, 1.807) is 0 Å². The first-order valence-corrected chi connectivity index (χ1v) is 8.59. The monoisotopic (exact) mass is 261 g/mol. The summed E-state index contributed by atoms with van der Waals surface area (Å²) in [5.41, 5.74) is 0. The summed E-state index contributed by atoms with van der Waals surface area (Å²) in [6, 6.07) is 0. The number of carbonyl (C=O) groups excluding carboxylic acids is 1. The number of ketones is 1. The fourth-order valence-corrected chi connectivity index (χ4v) is 1.81. The van der Waals surface area contributed by atoms with Crippen molar-refractivity contribution in [1.82, 2.24) is 5.32 Å². The molecule has 0 aliphatic carbocycles. The van der Waals surface area contributed by atoms with Gasteiger partial charge in [-0.2, -0.15) is 0 Å². The summed E-state index contributed by atoms with van der Waals surface area (Å²) in [4.78, 5) is 21.6. The molecule has 0 atom stereocenters. The molecule has 0 heterocycles. The summed E-state index contributed by atoms with van der Waals surface area (Å²) >= 11 is 0. The minimum Gasteiger partial charge on any atom is -0.465 e. The number of nitrogens with one attached hydrogen (secondary N) is 1. The third-order valence-corrected chi connectivity index (χ3v) is 7.56. The second-order valence-corrected chi connectivity index (χ2v) is 10.4. The molecular formula is C11H23NO4Si. The van der Waals surface area contributed by atoms with E-state index in [-0.39, 0.29) is 30.4 Å². The van der Waals surface area contributed by atoms with Crippen LogP contribution in [0.25, 0.3) is 0 Å². The van der Waals surface area contributed by atoms with Gasteiger partial charge in [0.05, 0.1) is 6.61 Å². The van der Waals surface area contributed by atoms with Gasteiger partial charge in [0.15, 0.2) is 14.1 Å². The largest absolute Gasteiger partial charge is 0.465 e. The lowest BCUT2D eigenvalue weighted by atomic mass is 10.2. The minimum atomic E-state index is -1.89. The number of rotatable bonds is 6. The third kappa shape index (κ3) is 6.43. The minimum absolute atomic E-state index is 0.0661. The highest BCUT2D eigenvalue weighted by molar-refractivity contribution is 6.74. The van der Waals surface area contributed by atoms with Crippen LogP contribution in [0.2, 0.25) is 18.1 Å². The van der Waals surface area contributed by atoms with Gasteiger partial charge in [0.2, 0.25) is 0 Å². The molecule has 5 nitrogen and oxygen atoms in total. The van der Waals surface area contributed by atoms with Crippen LogP contribution in [0.1, 0.15) is 27.2 Å². The summed E-state index contributed by atoms with van der Waals surface area (Å²) in [5.74, 6) is -0.0661. The molecule has 100 valence electrons. The van der Waals surface area contributed by atoms with Crippen LogP contribution in [0, 0.1) is 0 Å². The summed E-state index contributed by atoms with van der Waals surface area (Å²) in [6.45, 7) is 10.7. The molecule has 17 heavy (non-hydrogen) atoms. The SMILES string of the molecule is CC(C)(C)[Si](C)(C)OCC(=O)CCNC(=O)O. The second kappa shape index (κ2) is 6.16. The van der Waals surface area contributed by atoms with Gasteiger partial charge in [-0.25, -0.2) is 4.79 Å². The van der Waals surface area contributed by atoms with Crippen LogP contribution in [-0.2, 0) is 9.22 Å². The molecule has 0 fully saturated rings. The number of amides is 1. The van der Waals surface area contributed by atoms with E-state index < -0.39 is 14.4 Å². The zero-order valence-corrected chi connectivity index (χ0v) is 12.3. The fourth-order valence-electron chi connectivity index (χ4n) is 0.858. The van der Waals surface area contributed by atoms with Gasteiger partial charge < -0.3 is 14.8 Å². The Kier molecular flexibility index (Phi) is 5.84. The van der Waals surface area contributed by atoms with Crippen molar-refractivity contribution in [2.24, 2.45) is 0 Å². The third-order valence-electron chi connectivity index (χ3n) is 3.08. The molecule has 0 aromatic rings. The second-order valence-electron chi connectivity index (χ2n) is 5.57. The number of carboxylic acid groups (broad SMARTS) is 1. The van der Waals surface area contributed by atoms with Gasteiger partial charge in [-0.1, -0.05) is 20.8 Å². The van der Waals surface area contributed by atoms with Gasteiger partial charge in [-0.05, 0) is 18.1 Å². The highest BCUT2D eigenvalue weighted by Gasteiger charge is 2.37. The summed E-state index contributed by atoms with van der Waals surface area (Å²) in [5, 5.41) is 10.6. The first kappa shape index (κ1) is 16.1.